The smallest absolute Gasteiger partial charge is 0.141 e. The Morgan fingerprint density at radius 1 is 1.29 bits per heavy atom. The zero-order chi connectivity index (χ0) is 15.7. The molecule has 0 saturated carbocycles. The van der Waals surface area contributed by atoms with Crippen LogP contribution in [0.4, 0.5) is 5.69 Å². The lowest BCUT2D eigenvalue weighted by atomic mass is 10.1. The number of anilines is 1. The molecule has 0 aliphatic heterocycles. The van der Waals surface area contributed by atoms with E-state index in [0.29, 0.717) is 11.7 Å². The molecule has 120 valence electrons. The largest absolute Gasteiger partial charge is 0.495 e. The molecule has 0 aliphatic rings. The van der Waals surface area contributed by atoms with Gasteiger partial charge < -0.3 is 20.7 Å². The van der Waals surface area contributed by atoms with Gasteiger partial charge in [-0.3, -0.25) is 0 Å². The van der Waals surface area contributed by atoms with Crippen LogP contribution in [0, 0.1) is 0 Å². The zero-order valence-electron chi connectivity index (χ0n) is 14.0. The van der Waals surface area contributed by atoms with Gasteiger partial charge in [-0.05, 0) is 63.6 Å². The Morgan fingerprint density at radius 3 is 2.57 bits per heavy atom. The van der Waals surface area contributed by atoms with E-state index in [-0.39, 0.29) is 0 Å². The van der Waals surface area contributed by atoms with Gasteiger partial charge in [-0.2, -0.15) is 0 Å². The third-order valence-electron chi connectivity index (χ3n) is 3.87. The van der Waals surface area contributed by atoms with Gasteiger partial charge in [0.25, 0.3) is 0 Å². The molecule has 1 aromatic rings. The normalized spacial score (nSPS) is 12.6. The third-order valence-corrected chi connectivity index (χ3v) is 3.87. The monoisotopic (exact) mass is 293 g/mol. The van der Waals surface area contributed by atoms with Gasteiger partial charge >= 0.3 is 0 Å². The summed E-state index contributed by atoms with van der Waals surface area (Å²) in [4.78, 5) is 2.45. The standard InChI is InChI=1S/C17H31N3O/c1-5-20(6-2)11-7-10-19-14(3)12-15-8-9-17(21-4)16(18)13-15/h8-9,13-14,19H,5-7,10-12,18H2,1-4H3. The van der Waals surface area contributed by atoms with E-state index in [1.807, 2.05) is 12.1 Å². The van der Waals surface area contributed by atoms with Crippen molar-refractivity contribution in [3.63, 3.8) is 0 Å². The second-order valence-corrected chi connectivity index (χ2v) is 5.52. The van der Waals surface area contributed by atoms with Crippen LogP contribution in [0.15, 0.2) is 18.2 Å². The summed E-state index contributed by atoms with van der Waals surface area (Å²) in [6.07, 6.45) is 2.18. The van der Waals surface area contributed by atoms with E-state index in [0.717, 1.165) is 31.8 Å². The highest BCUT2D eigenvalue weighted by Gasteiger charge is 2.06. The Balaban J connectivity index is 2.30. The molecule has 1 rings (SSSR count). The van der Waals surface area contributed by atoms with E-state index in [9.17, 15) is 0 Å². The summed E-state index contributed by atoms with van der Waals surface area (Å²) < 4.78 is 5.18. The van der Waals surface area contributed by atoms with Crippen LogP contribution in [0.5, 0.6) is 5.75 Å². The van der Waals surface area contributed by atoms with Crippen molar-refractivity contribution in [1.82, 2.24) is 10.2 Å². The first-order valence-corrected chi connectivity index (χ1v) is 7.98. The van der Waals surface area contributed by atoms with Crippen molar-refractivity contribution >= 4 is 5.69 Å². The minimum absolute atomic E-state index is 0.453. The third kappa shape index (κ3) is 6.36. The van der Waals surface area contributed by atoms with Gasteiger partial charge in [-0.25, -0.2) is 0 Å². The molecule has 0 saturated heterocycles. The van der Waals surface area contributed by atoms with Crippen LogP contribution in [0.2, 0.25) is 0 Å². The number of nitrogen functional groups attached to an aromatic ring is 1. The van der Waals surface area contributed by atoms with Crippen molar-refractivity contribution in [2.45, 2.75) is 39.7 Å². The molecule has 4 nitrogen and oxygen atoms in total. The highest BCUT2D eigenvalue weighted by Crippen LogP contribution is 2.22. The number of nitrogens with one attached hydrogen (secondary N) is 1. The molecule has 0 aliphatic carbocycles. The number of ether oxygens (including phenoxy) is 1. The van der Waals surface area contributed by atoms with E-state index < -0.39 is 0 Å². The fraction of sp³-hybridized carbons (Fsp3) is 0.647. The molecular weight excluding hydrogens is 262 g/mol. The molecule has 21 heavy (non-hydrogen) atoms. The van der Waals surface area contributed by atoms with Crippen molar-refractivity contribution in [2.24, 2.45) is 0 Å². The maximum atomic E-state index is 5.94. The summed E-state index contributed by atoms with van der Waals surface area (Å²) in [7, 11) is 1.64. The van der Waals surface area contributed by atoms with E-state index >= 15 is 0 Å². The van der Waals surface area contributed by atoms with Gasteiger partial charge in [0.2, 0.25) is 0 Å². The molecule has 0 aromatic heterocycles. The van der Waals surface area contributed by atoms with Gasteiger partial charge in [-0.15, -0.1) is 0 Å². The molecule has 1 atom stereocenters. The predicted molar refractivity (Wildman–Crippen MR) is 91.0 cm³/mol. The van der Waals surface area contributed by atoms with Gasteiger partial charge in [0.1, 0.15) is 5.75 Å². The molecule has 0 spiro atoms. The van der Waals surface area contributed by atoms with Crippen molar-refractivity contribution in [3.05, 3.63) is 23.8 Å². The Labute approximate surface area is 129 Å². The second-order valence-electron chi connectivity index (χ2n) is 5.52. The quantitative estimate of drug-likeness (QED) is 0.514. The van der Waals surface area contributed by atoms with Gasteiger partial charge in [0, 0.05) is 6.04 Å². The minimum atomic E-state index is 0.453. The summed E-state index contributed by atoms with van der Waals surface area (Å²) in [6, 6.07) is 6.49. The SMILES string of the molecule is CCN(CC)CCCNC(C)Cc1ccc(OC)c(N)c1. The summed E-state index contributed by atoms with van der Waals surface area (Å²) in [5.41, 5.74) is 7.90. The van der Waals surface area contributed by atoms with Gasteiger partial charge in [0.15, 0.2) is 0 Å². The molecule has 0 bridgehead atoms. The molecule has 0 radical (unpaired) electrons. The van der Waals surface area contributed by atoms with Crippen LogP contribution >= 0.6 is 0 Å². The molecule has 1 unspecified atom stereocenters. The number of nitrogens with zero attached hydrogens (tertiary/aromatic N) is 1. The summed E-state index contributed by atoms with van der Waals surface area (Å²) in [5, 5.41) is 3.58. The van der Waals surface area contributed by atoms with E-state index in [2.05, 4.69) is 37.1 Å². The lowest BCUT2D eigenvalue weighted by molar-refractivity contribution is 0.296. The topological polar surface area (TPSA) is 50.5 Å². The Bertz CT molecular complexity index is 405. The molecule has 0 fully saturated rings. The molecule has 4 heteroatoms. The first-order valence-electron chi connectivity index (χ1n) is 7.98. The first kappa shape index (κ1) is 17.8. The average molecular weight is 293 g/mol. The van der Waals surface area contributed by atoms with Crippen molar-refractivity contribution in [2.75, 3.05) is 39.0 Å². The van der Waals surface area contributed by atoms with Crippen LogP contribution < -0.4 is 15.8 Å². The van der Waals surface area contributed by atoms with Gasteiger partial charge in [-0.1, -0.05) is 19.9 Å². The van der Waals surface area contributed by atoms with E-state index in [1.54, 1.807) is 7.11 Å². The Kier molecular flexibility index (Phi) is 8.16. The molecule has 1 aromatic carbocycles. The number of hydrogen-bond donors (Lipinski definition) is 2. The van der Waals surface area contributed by atoms with Crippen molar-refractivity contribution < 1.29 is 4.74 Å². The summed E-state index contributed by atoms with van der Waals surface area (Å²) in [5.74, 6) is 0.749. The fourth-order valence-electron chi connectivity index (χ4n) is 2.53. The highest BCUT2D eigenvalue weighted by atomic mass is 16.5. The van der Waals surface area contributed by atoms with Crippen LogP contribution in [0.1, 0.15) is 32.8 Å². The molecule has 3 N–H and O–H groups in total. The van der Waals surface area contributed by atoms with Gasteiger partial charge in [0.05, 0.1) is 12.8 Å². The fourth-order valence-corrected chi connectivity index (χ4v) is 2.53. The van der Waals surface area contributed by atoms with E-state index in [1.165, 1.54) is 18.5 Å². The molecular formula is C17H31N3O. The number of methoxy groups -OCH3 is 1. The zero-order valence-corrected chi connectivity index (χ0v) is 14.0. The number of hydrogen-bond acceptors (Lipinski definition) is 4. The predicted octanol–water partition coefficient (Wildman–Crippen LogP) is 2.53. The van der Waals surface area contributed by atoms with Crippen molar-refractivity contribution in [1.29, 1.82) is 0 Å². The number of rotatable bonds is 10. The maximum Gasteiger partial charge on any atom is 0.141 e. The van der Waals surface area contributed by atoms with E-state index in [4.69, 9.17) is 10.5 Å². The first-order chi connectivity index (χ1) is 10.1. The van der Waals surface area contributed by atoms with Crippen LogP contribution in [0.25, 0.3) is 0 Å². The van der Waals surface area contributed by atoms with Crippen LogP contribution in [0.3, 0.4) is 0 Å². The number of benzene rings is 1. The van der Waals surface area contributed by atoms with Crippen LogP contribution in [-0.4, -0.2) is 44.2 Å². The molecule has 0 amide bonds. The Morgan fingerprint density at radius 2 is 2.00 bits per heavy atom. The Hall–Kier alpha value is -1.26. The minimum Gasteiger partial charge on any atom is -0.495 e. The number of nitrogens with two attached hydrogens (primary N) is 1. The highest BCUT2D eigenvalue weighted by molar-refractivity contribution is 5.54. The maximum absolute atomic E-state index is 5.94. The summed E-state index contributed by atoms with van der Waals surface area (Å²) in [6.45, 7) is 11.2. The van der Waals surface area contributed by atoms with Crippen LogP contribution in [-0.2, 0) is 6.42 Å². The lowest BCUT2D eigenvalue weighted by Crippen LogP contribution is -2.32. The second kappa shape index (κ2) is 9.64. The molecule has 0 heterocycles. The summed E-state index contributed by atoms with van der Waals surface area (Å²) >= 11 is 0. The lowest BCUT2D eigenvalue weighted by Gasteiger charge is -2.19. The average Bonchev–Trinajstić information content (AvgIpc) is 2.47. The van der Waals surface area contributed by atoms with Crippen molar-refractivity contribution in [3.8, 4) is 5.75 Å².